The Morgan fingerprint density at radius 1 is 1.08 bits per heavy atom. The van der Waals surface area contributed by atoms with Gasteiger partial charge in [0.05, 0.1) is 37.9 Å². The lowest BCUT2D eigenvalue weighted by Gasteiger charge is -2.71. The number of hydrogen-bond donors (Lipinski definition) is 2. The van der Waals surface area contributed by atoms with E-state index in [0.29, 0.717) is 49.4 Å². The molecule has 3 heterocycles. The molecule has 2 bridgehead atoms. The van der Waals surface area contributed by atoms with Gasteiger partial charge in [-0.3, -0.25) is 9.78 Å². The van der Waals surface area contributed by atoms with E-state index in [0.717, 1.165) is 50.0 Å². The van der Waals surface area contributed by atoms with Crippen LogP contribution in [0.25, 0.3) is 11.5 Å². The molecule has 2 N–H and O–H groups in total. The molecule has 0 amide bonds. The van der Waals surface area contributed by atoms with E-state index in [2.05, 4.69) is 85.3 Å². The molecular formula is C44H67N5O4. The second-order valence-electron chi connectivity index (χ2n) is 19.9. The predicted molar refractivity (Wildman–Crippen MR) is 208 cm³/mol. The van der Waals surface area contributed by atoms with Gasteiger partial charge in [-0.25, -0.2) is 9.67 Å². The summed E-state index contributed by atoms with van der Waals surface area (Å²) in [4.78, 5) is 23.1. The summed E-state index contributed by atoms with van der Waals surface area (Å²) in [5.41, 5.74) is 0.844. The van der Waals surface area contributed by atoms with E-state index in [9.17, 15) is 9.90 Å². The largest absolute Gasteiger partial charge is 0.481 e. The number of carboxylic acid groups (broad SMARTS) is 1. The summed E-state index contributed by atoms with van der Waals surface area (Å²) < 4.78 is 16.2. The summed E-state index contributed by atoms with van der Waals surface area (Å²) in [6.07, 6.45) is 11.6. The molecule has 3 saturated carbocycles. The van der Waals surface area contributed by atoms with Crippen LogP contribution in [0.4, 0.5) is 0 Å². The summed E-state index contributed by atoms with van der Waals surface area (Å²) in [5, 5.41) is 19.7. The van der Waals surface area contributed by atoms with E-state index < -0.39 is 11.9 Å². The van der Waals surface area contributed by atoms with E-state index in [4.69, 9.17) is 24.5 Å². The van der Waals surface area contributed by atoms with E-state index in [1.807, 2.05) is 31.4 Å². The Bertz CT molecular complexity index is 1710. The van der Waals surface area contributed by atoms with Crippen molar-refractivity contribution in [1.82, 2.24) is 25.1 Å². The molecule has 12 atom stereocenters. The van der Waals surface area contributed by atoms with Gasteiger partial charge in [0.2, 0.25) is 0 Å². The number of rotatable bonds is 10. The van der Waals surface area contributed by atoms with Gasteiger partial charge in [-0.15, -0.1) is 0 Å². The Balaban J connectivity index is 1.35. The first-order valence-electron chi connectivity index (χ1n) is 20.6. The van der Waals surface area contributed by atoms with Crippen LogP contribution in [0.3, 0.4) is 0 Å². The molecule has 9 nitrogen and oxygen atoms in total. The highest BCUT2D eigenvalue weighted by Gasteiger charge is 2.72. The highest BCUT2D eigenvalue weighted by molar-refractivity contribution is 5.73. The molecule has 292 valence electrons. The standard InChI is InChI=1S/C44H67N5O4/c1-27(2)29(5)39(6)19-20-41(8)30-15-16-34-40(7)23-52-25-44(34,31(30)17-18-42(41,9)35(39)38(50)51)22-33(36(40)53-24-43(10,45-11)28(3)4)49-37(47-26-48-49)32-14-12-13-21-46-32/h12-14,17,21,26-30,33-36,45H,15-16,18-20,22-25H2,1-11H3,(H,50,51)/t29-,30+,33-,34+,35-,36+,39-,40-,41-,42+,43+,44+/m1/s1. The maximum absolute atomic E-state index is 13.6. The van der Waals surface area contributed by atoms with Crippen LogP contribution in [0.5, 0.6) is 0 Å². The first-order chi connectivity index (χ1) is 24.9. The normalized spacial score (nSPS) is 41.2. The van der Waals surface area contributed by atoms with Crippen molar-refractivity contribution in [3.05, 3.63) is 42.4 Å². The van der Waals surface area contributed by atoms with Gasteiger partial charge in [0.1, 0.15) is 12.0 Å². The summed E-state index contributed by atoms with van der Waals surface area (Å²) in [6, 6.07) is 5.86. The number of ether oxygens (including phenoxy) is 2. The molecule has 2 aromatic rings. The van der Waals surface area contributed by atoms with Gasteiger partial charge in [0.15, 0.2) is 5.82 Å². The number of aromatic nitrogens is 4. The van der Waals surface area contributed by atoms with Crippen molar-refractivity contribution < 1.29 is 19.4 Å². The summed E-state index contributed by atoms with van der Waals surface area (Å²) >= 11 is 0. The first-order valence-corrected chi connectivity index (χ1v) is 20.6. The van der Waals surface area contributed by atoms with E-state index >= 15 is 0 Å². The Hall–Kier alpha value is -2.62. The SMILES string of the molecule is CN[C@@](C)(CO[C@H]1[C@H](n2ncnc2-c2ccccn2)C[C@@]23COC[C@]1(C)[C@@H]2CC[C@H]1C3=CC[C@@]2(C)[C@H](C(=O)O)[C@@](C)([C@H](C)C(C)C)CC[C@]12C)C(C)C. The fraction of sp³-hybridized carbons (Fsp3) is 0.773. The van der Waals surface area contributed by atoms with E-state index in [-0.39, 0.29) is 44.8 Å². The van der Waals surface area contributed by atoms with Gasteiger partial charge in [0.25, 0.3) is 0 Å². The average molecular weight is 730 g/mol. The minimum atomic E-state index is -0.619. The number of aliphatic carboxylic acids is 1. The molecule has 9 heteroatoms. The molecule has 0 unspecified atom stereocenters. The van der Waals surface area contributed by atoms with Crippen LogP contribution in [0.2, 0.25) is 0 Å². The molecule has 1 aliphatic heterocycles. The number of carbonyl (C=O) groups is 1. The minimum absolute atomic E-state index is 0.0954. The van der Waals surface area contributed by atoms with Crippen molar-refractivity contribution in [2.45, 2.75) is 125 Å². The zero-order valence-electron chi connectivity index (χ0n) is 34.4. The maximum atomic E-state index is 13.6. The zero-order chi connectivity index (χ0) is 38.4. The third-order valence-corrected chi connectivity index (χ3v) is 17.3. The average Bonchev–Trinajstić information content (AvgIpc) is 3.61. The molecule has 1 saturated heterocycles. The van der Waals surface area contributed by atoms with Gasteiger partial charge in [-0.05, 0) is 110 Å². The number of pyridine rings is 1. The third kappa shape index (κ3) is 5.47. The van der Waals surface area contributed by atoms with Crippen LogP contribution < -0.4 is 5.32 Å². The molecule has 53 heavy (non-hydrogen) atoms. The summed E-state index contributed by atoms with van der Waals surface area (Å²) in [6.45, 7) is 25.0. The van der Waals surface area contributed by atoms with Crippen molar-refractivity contribution in [1.29, 1.82) is 0 Å². The Labute approximate surface area is 318 Å². The van der Waals surface area contributed by atoms with Crippen LogP contribution in [-0.4, -0.2) is 69.3 Å². The molecule has 0 aromatic carbocycles. The summed E-state index contributed by atoms with van der Waals surface area (Å²) in [7, 11) is 2.03. The number of likely N-dealkylation sites (N-methyl/N-ethyl adjacent to an activating group) is 1. The lowest BCUT2D eigenvalue weighted by molar-refractivity contribution is -0.253. The van der Waals surface area contributed by atoms with Gasteiger partial charge in [-0.2, -0.15) is 5.10 Å². The fourth-order valence-electron chi connectivity index (χ4n) is 13.1. The number of allylic oxidation sites excluding steroid dienone is 1. The molecular weight excluding hydrogens is 663 g/mol. The smallest absolute Gasteiger partial charge is 0.307 e. The quantitative estimate of drug-likeness (QED) is 0.234. The number of nitrogens with one attached hydrogen (secondary N) is 1. The monoisotopic (exact) mass is 730 g/mol. The molecule has 7 rings (SSSR count). The van der Waals surface area contributed by atoms with Crippen LogP contribution in [-0.2, 0) is 14.3 Å². The topological polar surface area (TPSA) is 111 Å². The van der Waals surface area contributed by atoms with Crippen LogP contribution in [0, 0.1) is 62.6 Å². The van der Waals surface area contributed by atoms with Gasteiger partial charge in [0, 0.05) is 22.6 Å². The number of fused-ring (bicyclic) bond motifs is 3. The Kier molecular flexibility index (Phi) is 9.67. The molecule has 0 radical (unpaired) electrons. The highest BCUT2D eigenvalue weighted by atomic mass is 16.5. The Morgan fingerprint density at radius 2 is 1.83 bits per heavy atom. The molecule has 5 aliphatic rings. The van der Waals surface area contributed by atoms with Gasteiger partial charge >= 0.3 is 5.97 Å². The molecule has 2 aromatic heterocycles. The van der Waals surface area contributed by atoms with E-state index in [1.54, 1.807) is 6.33 Å². The maximum Gasteiger partial charge on any atom is 0.307 e. The number of hydrogen-bond acceptors (Lipinski definition) is 7. The van der Waals surface area contributed by atoms with Crippen molar-refractivity contribution in [3.63, 3.8) is 0 Å². The van der Waals surface area contributed by atoms with Crippen LogP contribution >= 0.6 is 0 Å². The van der Waals surface area contributed by atoms with Crippen LogP contribution in [0.15, 0.2) is 42.4 Å². The lowest BCUT2D eigenvalue weighted by Crippen LogP contribution is -2.69. The molecule has 4 fully saturated rings. The lowest BCUT2D eigenvalue weighted by atomic mass is 9.34. The number of nitrogens with zero attached hydrogens (tertiary/aromatic N) is 4. The van der Waals surface area contributed by atoms with Crippen molar-refractivity contribution in [2.24, 2.45) is 62.6 Å². The van der Waals surface area contributed by atoms with E-state index in [1.165, 1.54) is 5.57 Å². The van der Waals surface area contributed by atoms with Gasteiger partial charge in [-0.1, -0.05) is 80.0 Å². The van der Waals surface area contributed by atoms with Crippen LogP contribution in [0.1, 0.15) is 114 Å². The van der Waals surface area contributed by atoms with Crippen molar-refractivity contribution in [3.8, 4) is 11.5 Å². The second kappa shape index (κ2) is 13.3. The highest BCUT2D eigenvalue weighted by Crippen LogP contribution is 2.75. The predicted octanol–water partition coefficient (Wildman–Crippen LogP) is 8.49. The van der Waals surface area contributed by atoms with Gasteiger partial charge < -0.3 is 19.9 Å². The summed E-state index contributed by atoms with van der Waals surface area (Å²) in [5.74, 6) is 1.49. The second-order valence-corrected chi connectivity index (χ2v) is 19.9. The number of carboxylic acids is 1. The Morgan fingerprint density at radius 3 is 2.47 bits per heavy atom. The molecule has 4 aliphatic carbocycles. The van der Waals surface area contributed by atoms with Crippen molar-refractivity contribution in [2.75, 3.05) is 26.9 Å². The fourth-order valence-corrected chi connectivity index (χ4v) is 13.1. The first kappa shape index (κ1) is 38.6. The minimum Gasteiger partial charge on any atom is -0.481 e. The van der Waals surface area contributed by atoms with Crippen molar-refractivity contribution >= 4 is 5.97 Å². The zero-order valence-corrected chi connectivity index (χ0v) is 34.4. The molecule has 0 spiro atoms. The third-order valence-electron chi connectivity index (χ3n) is 17.3.